The molecule has 1 nitrogen and oxygen atoms in total. The lowest BCUT2D eigenvalue weighted by molar-refractivity contribution is 0.722. The lowest BCUT2D eigenvalue weighted by atomic mass is 9.99. The Bertz CT molecular complexity index is 554. The third-order valence-corrected chi connectivity index (χ3v) is 3.70. The number of hydrogen-bond donors (Lipinski definition) is 1. The molecule has 0 amide bonds. The van der Waals surface area contributed by atoms with Gasteiger partial charge < -0.3 is 5.73 Å². The Morgan fingerprint density at radius 1 is 0.944 bits per heavy atom. The molecule has 4 heteroatoms. The normalized spacial score (nSPS) is 12.4. The first-order valence-corrected chi connectivity index (χ1v) is 6.65. The van der Waals surface area contributed by atoms with Crippen LogP contribution in [-0.2, 0) is 6.42 Å². The van der Waals surface area contributed by atoms with Gasteiger partial charge in [-0.1, -0.05) is 53.0 Å². The summed E-state index contributed by atoms with van der Waals surface area (Å²) in [6.45, 7) is 0. The van der Waals surface area contributed by atoms with Crippen molar-refractivity contribution in [1.82, 2.24) is 0 Å². The van der Waals surface area contributed by atoms with Crippen molar-refractivity contribution < 1.29 is 0 Å². The molecule has 2 rings (SSSR count). The van der Waals surface area contributed by atoms with Gasteiger partial charge in [0, 0.05) is 21.1 Å². The molecule has 0 radical (unpaired) electrons. The van der Waals surface area contributed by atoms with Gasteiger partial charge in [-0.3, -0.25) is 0 Å². The molecule has 0 bridgehead atoms. The summed E-state index contributed by atoms with van der Waals surface area (Å²) in [6, 6.07) is 12.7. The zero-order valence-corrected chi connectivity index (χ0v) is 11.8. The molecule has 0 saturated carbocycles. The number of nitrogens with two attached hydrogens (primary N) is 1. The fourth-order valence-corrected chi connectivity index (χ4v) is 2.49. The van der Waals surface area contributed by atoms with Crippen LogP contribution in [0, 0.1) is 0 Å². The Labute approximate surface area is 121 Å². The van der Waals surface area contributed by atoms with Crippen LogP contribution in [-0.4, -0.2) is 0 Å². The molecule has 18 heavy (non-hydrogen) atoms. The van der Waals surface area contributed by atoms with Gasteiger partial charge in [0.15, 0.2) is 0 Å². The summed E-state index contributed by atoms with van der Waals surface area (Å²) in [5.74, 6) is 0. The molecule has 0 aliphatic heterocycles. The van der Waals surface area contributed by atoms with Gasteiger partial charge in [-0.05, 0) is 41.8 Å². The summed E-state index contributed by atoms with van der Waals surface area (Å²) in [5, 5.41) is 1.99. The van der Waals surface area contributed by atoms with Gasteiger partial charge in [0.05, 0.1) is 0 Å². The van der Waals surface area contributed by atoms with Crippen molar-refractivity contribution in [3.8, 4) is 0 Å². The zero-order valence-electron chi connectivity index (χ0n) is 9.54. The maximum Gasteiger partial charge on any atom is 0.0453 e. The average molecular weight is 301 g/mol. The van der Waals surface area contributed by atoms with Gasteiger partial charge >= 0.3 is 0 Å². The predicted molar refractivity (Wildman–Crippen MR) is 78.5 cm³/mol. The number of hydrogen-bond acceptors (Lipinski definition) is 1. The molecule has 0 fully saturated rings. The van der Waals surface area contributed by atoms with Crippen molar-refractivity contribution in [2.45, 2.75) is 12.5 Å². The standard InChI is InChI=1S/C14H12Cl3N/c15-10-5-6-12(16)9(7-10)8-14(18)11-3-1-2-4-13(11)17/h1-7,14H,8,18H2. The fraction of sp³-hybridized carbons (Fsp3) is 0.143. The molecule has 1 atom stereocenters. The molecule has 0 spiro atoms. The summed E-state index contributed by atoms with van der Waals surface area (Å²) >= 11 is 18.2. The van der Waals surface area contributed by atoms with Crippen LogP contribution < -0.4 is 5.73 Å². The molecule has 2 N–H and O–H groups in total. The Morgan fingerprint density at radius 2 is 1.67 bits per heavy atom. The second kappa shape index (κ2) is 5.94. The minimum absolute atomic E-state index is 0.199. The van der Waals surface area contributed by atoms with E-state index < -0.39 is 0 Å². The highest BCUT2D eigenvalue weighted by Crippen LogP contribution is 2.28. The van der Waals surface area contributed by atoms with E-state index in [0.29, 0.717) is 21.5 Å². The molecule has 2 aromatic rings. The quantitative estimate of drug-likeness (QED) is 0.858. The van der Waals surface area contributed by atoms with Crippen molar-refractivity contribution in [3.05, 3.63) is 68.7 Å². The van der Waals surface area contributed by atoms with Crippen LogP contribution in [0.4, 0.5) is 0 Å². The predicted octanol–water partition coefficient (Wildman–Crippen LogP) is 4.89. The average Bonchev–Trinajstić information content (AvgIpc) is 2.34. The lowest BCUT2D eigenvalue weighted by Gasteiger charge is -2.14. The molecular formula is C14H12Cl3N. The van der Waals surface area contributed by atoms with Gasteiger partial charge in [0.25, 0.3) is 0 Å². The maximum atomic E-state index is 6.16. The van der Waals surface area contributed by atoms with Crippen LogP contribution in [0.25, 0.3) is 0 Å². The van der Waals surface area contributed by atoms with E-state index in [0.717, 1.165) is 11.1 Å². The third kappa shape index (κ3) is 3.18. The smallest absolute Gasteiger partial charge is 0.0453 e. The SMILES string of the molecule is NC(Cc1cc(Cl)ccc1Cl)c1ccccc1Cl. The van der Waals surface area contributed by atoms with Crippen LogP contribution in [0.2, 0.25) is 15.1 Å². The molecule has 94 valence electrons. The summed E-state index contributed by atoms with van der Waals surface area (Å²) < 4.78 is 0. The van der Waals surface area contributed by atoms with Crippen molar-refractivity contribution >= 4 is 34.8 Å². The molecule has 0 aromatic heterocycles. The largest absolute Gasteiger partial charge is 0.324 e. The fourth-order valence-electron chi connectivity index (χ4n) is 1.82. The molecular weight excluding hydrogens is 289 g/mol. The van der Waals surface area contributed by atoms with Crippen LogP contribution in [0.1, 0.15) is 17.2 Å². The molecule has 0 heterocycles. The van der Waals surface area contributed by atoms with Gasteiger partial charge in [0.2, 0.25) is 0 Å². The van der Waals surface area contributed by atoms with E-state index in [1.807, 2.05) is 30.3 Å². The van der Waals surface area contributed by atoms with E-state index >= 15 is 0 Å². The Kier molecular flexibility index (Phi) is 4.52. The van der Waals surface area contributed by atoms with Gasteiger partial charge in [-0.25, -0.2) is 0 Å². The first kappa shape index (κ1) is 13.7. The number of rotatable bonds is 3. The van der Waals surface area contributed by atoms with E-state index in [1.54, 1.807) is 12.1 Å². The van der Waals surface area contributed by atoms with Gasteiger partial charge in [-0.15, -0.1) is 0 Å². The molecule has 2 aromatic carbocycles. The molecule has 0 aliphatic rings. The van der Waals surface area contributed by atoms with Crippen molar-refractivity contribution in [1.29, 1.82) is 0 Å². The van der Waals surface area contributed by atoms with Gasteiger partial charge in [0.1, 0.15) is 0 Å². The second-order valence-corrected chi connectivity index (χ2v) is 5.32. The van der Waals surface area contributed by atoms with Crippen LogP contribution >= 0.6 is 34.8 Å². The highest BCUT2D eigenvalue weighted by Gasteiger charge is 2.12. The van der Waals surface area contributed by atoms with Crippen LogP contribution in [0.3, 0.4) is 0 Å². The van der Waals surface area contributed by atoms with E-state index in [9.17, 15) is 0 Å². The highest BCUT2D eigenvalue weighted by atomic mass is 35.5. The Morgan fingerprint density at radius 3 is 2.39 bits per heavy atom. The highest BCUT2D eigenvalue weighted by molar-refractivity contribution is 6.33. The van der Waals surface area contributed by atoms with Gasteiger partial charge in [-0.2, -0.15) is 0 Å². The molecule has 1 unspecified atom stereocenters. The summed E-state index contributed by atoms with van der Waals surface area (Å²) in [6.07, 6.45) is 0.600. The monoisotopic (exact) mass is 299 g/mol. The number of halogens is 3. The first-order chi connectivity index (χ1) is 8.58. The lowest BCUT2D eigenvalue weighted by Crippen LogP contribution is -2.14. The van der Waals surface area contributed by atoms with Crippen molar-refractivity contribution in [2.75, 3.05) is 0 Å². The van der Waals surface area contributed by atoms with E-state index in [2.05, 4.69) is 0 Å². The van der Waals surface area contributed by atoms with Crippen molar-refractivity contribution in [3.63, 3.8) is 0 Å². The van der Waals surface area contributed by atoms with E-state index in [-0.39, 0.29) is 6.04 Å². The zero-order chi connectivity index (χ0) is 13.1. The minimum Gasteiger partial charge on any atom is -0.324 e. The first-order valence-electron chi connectivity index (χ1n) is 5.52. The Hall–Kier alpha value is -0.730. The maximum absolute atomic E-state index is 6.16. The molecule has 0 aliphatic carbocycles. The summed E-state index contributed by atoms with van der Waals surface area (Å²) in [4.78, 5) is 0. The summed E-state index contributed by atoms with van der Waals surface area (Å²) in [5.41, 5.74) is 8.00. The van der Waals surface area contributed by atoms with Crippen LogP contribution in [0.15, 0.2) is 42.5 Å². The second-order valence-electron chi connectivity index (χ2n) is 4.07. The molecule has 0 saturated heterocycles. The van der Waals surface area contributed by atoms with E-state index in [1.165, 1.54) is 0 Å². The number of benzene rings is 2. The van der Waals surface area contributed by atoms with E-state index in [4.69, 9.17) is 40.5 Å². The minimum atomic E-state index is -0.199. The Balaban J connectivity index is 2.24. The summed E-state index contributed by atoms with van der Waals surface area (Å²) in [7, 11) is 0. The van der Waals surface area contributed by atoms with Crippen LogP contribution in [0.5, 0.6) is 0 Å². The third-order valence-electron chi connectivity index (χ3n) is 2.75. The van der Waals surface area contributed by atoms with Crippen molar-refractivity contribution in [2.24, 2.45) is 5.73 Å². The topological polar surface area (TPSA) is 26.0 Å².